The maximum atomic E-state index is 12.5. The Hall–Kier alpha value is -1.39. The standard InChI is InChI=1S/C20H29N3O/c1-14(15-6-3-2-4-7-15)23-13-19(16-9-10-17(23)12-16)22-20(24)18-8-5-11-21-18/h2-4,6-7,14,16-19,21H,5,8-13H2,1H3,(H,22,24)/t14-,16+,17-,18-,19+/m0/s1. The number of hydrogen-bond acceptors (Lipinski definition) is 3. The molecular weight excluding hydrogens is 298 g/mol. The molecule has 3 aliphatic rings. The van der Waals surface area contributed by atoms with Crippen LogP contribution in [0.15, 0.2) is 30.3 Å². The summed E-state index contributed by atoms with van der Waals surface area (Å²) in [6.45, 7) is 4.28. The molecule has 130 valence electrons. The predicted octanol–water partition coefficient (Wildman–Crippen LogP) is 2.47. The number of carbonyl (C=O) groups excluding carboxylic acids is 1. The Labute approximate surface area is 145 Å². The molecule has 0 radical (unpaired) electrons. The van der Waals surface area contributed by atoms with Crippen molar-refractivity contribution in [1.29, 1.82) is 0 Å². The van der Waals surface area contributed by atoms with Gasteiger partial charge in [-0.2, -0.15) is 0 Å². The first-order valence-electron chi connectivity index (χ1n) is 9.57. The van der Waals surface area contributed by atoms with E-state index in [0.717, 1.165) is 25.9 Å². The van der Waals surface area contributed by atoms with Gasteiger partial charge >= 0.3 is 0 Å². The normalized spacial score (nSPS) is 34.2. The molecule has 1 saturated carbocycles. The Bertz CT molecular complexity index is 570. The minimum atomic E-state index is 0.0316. The molecule has 1 aliphatic carbocycles. The first-order chi connectivity index (χ1) is 11.7. The molecule has 4 heteroatoms. The second kappa shape index (κ2) is 6.85. The average molecular weight is 327 g/mol. The second-order valence-electron chi connectivity index (χ2n) is 7.77. The molecule has 2 aliphatic heterocycles. The molecule has 2 N–H and O–H groups in total. The van der Waals surface area contributed by atoms with E-state index < -0.39 is 0 Å². The summed E-state index contributed by atoms with van der Waals surface area (Å²) in [7, 11) is 0. The molecule has 2 saturated heterocycles. The monoisotopic (exact) mass is 327 g/mol. The van der Waals surface area contributed by atoms with Gasteiger partial charge in [-0.25, -0.2) is 0 Å². The van der Waals surface area contributed by atoms with Gasteiger partial charge in [0.1, 0.15) is 0 Å². The molecule has 0 aromatic heterocycles. The number of hydrogen-bond donors (Lipinski definition) is 2. The van der Waals surface area contributed by atoms with E-state index in [2.05, 4.69) is 52.8 Å². The summed E-state index contributed by atoms with van der Waals surface area (Å²) in [6.07, 6.45) is 5.86. The van der Waals surface area contributed by atoms with Gasteiger partial charge in [0.2, 0.25) is 5.91 Å². The number of fused-ring (bicyclic) bond motifs is 2. The highest BCUT2D eigenvalue weighted by atomic mass is 16.2. The van der Waals surface area contributed by atoms with Crippen molar-refractivity contribution < 1.29 is 4.79 Å². The zero-order chi connectivity index (χ0) is 16.5. The quantitative estimate of drug-likeness (QED) is 0.893. The Morgan fingerprint density at radius 1 is 1.25 bits per heavy atom. The van der Waals surface area contributed by atoms with Crippen molar-refractivity contribution in [2.75, 3.05) is 13.1 Å². The summed E-state index contributed by atoms with van der Waals surface area (Å²) in [4.78, 5) is 15.2. The lowest BCUT2D eigenvalue weighted by Crippen LogP contribution is -2.56. The van der Waals surface area contributed by atoms with Crippen molar-refractivity contribution in [2.24, 2.45) is 5.92 Å². The number of likely N-dealkylation sites (tertiary alicyclic amines) is 1. The van der Waals surface area contributed by atoms with Crippen molar-refractivity contribution in [3.63, 3.8) is 0 Å². The van der Waals surface area contributed by atoms with Crippen LogP contribution in [0.25, 0.3) is 0 Å². The zero-order valence-corrected chi connectivity index (χ0v) is 14.6. The highest BCUT2D eigenvalue weighted by Gasteiger charge is 2.43. The van der Waals surface area contributed by atoms with Crippen molar-refractivity contribution in [1.82, 2.24) is 15.5 Å². The molecule has 1 amide bonds. The van der Waals surface area contributed by atoms with Gasteiger partial charge in [-0.3, -0.25) is 9.69 Å². The maximum absolute atomic E-state index is 12.5. The fraction of sp³-hybridized carbons (Fsp3) is 0.650. The summed E-state index contributed by atoms with van der Waals surface area (Å²) in [5, 5.41) is 6.71. The van der Waals surface area contributed by atoms with Gasteiger partial charge in [0.15, 0.2) is 0 Å². The van der Waals surface area contributed by atoms with Crippen LogP contribution in [-0.4, -0.2) is 42.0 Å². The molecule has 2 heterocycles. The summed E-state index contributed by atoms with van der Waals surface area (Å²) in [5.41, 5.74) is 1.38. The lowest BCUT2D eigenvalue weighted by Gasteiger charge is -2.42. The van der Waals surface area contributed by atoms with Crippen LogP contribution in [-0.2, 0) is 4.79 Å². The predicted molar refractivity (Wildman–Crippen MR) is 95.6 cm³/mol. The summed E-state index contributed by atoms with van der Waals surface area (Å²) in [6, 6.07) is 12.2. The van der Waals surface area contributed by atoms with Crippen LogP contribution in [0, 0.1) is 5.92 Å². The third-order valence-corrected chi connectivity index (χ3v) is 6.37. The van der Waals surface area contributed by atoms with Crippen molar-refractivity contribution >= 4 is 5.91 Å². The molecule has 0 spiro atoms. The third-order valence-electron chi connectivity index (χ3n) is 6.37. The van der Waals surface area contributed by atoms with Crippen molar-refractivity contribution in [2.45, 2.75) is 63.2 Å². The number of nitrogens with one attached hydrogen (secondary N) is 2. The van der Waals surface area contributed by atoms with E-state index >= 15 is 0 Å². The minimum absolute atomic E-state index is 0.0316. The number of nitrogens with zero attached hydrogens (tertiary/aromatic N) is 1. The summed E-state index contributed by atoms with van der Waals surface area (Å²) >= 11 is 0. The first kappa shape index (κ1) is 16.1. The van der Waals surface area contributed by atoms with E-state index in [-0.39, 0.29) is 11.9 Å². The molecule has 2 bridgehead atoms. The molecule has 3 fully saturated rings. The lowest BCUT2D eigenvalue weighted by atomic mass is 9.91. The van der Waals surface area contributed by atoms with Gasteiger partial charge in [-0.05, 0) is 57.1 Å². The van der Waals surface area contributed by atoms with E-state index in [1.165, 1.54) is 24.8 Å². The smallest absolute Gasteiger partial charge is 0.237 e. The van der Waals surface area contributed by atoms with Crippen molar-refractivity contribution in [3.05, 3.63) is 35.9 Å². The lowest BCUT2D eigenvalue weighted by molar-refractivity contribution is -0.124. The number of benzene rings is 1. The largest absolute Gasteiger partial charge is 0.350 e. The molecule has 1 aromatic rings. The SMILES string of the molecule is C[C@@H](c1ccccc1)N1C[C@@H](NC(=O)[C@@H]2CCCN2)[C@@H]2CC[C@H]1C2. The van der Waals surface area contributed by atoms with Crippen LogP contribution in [0.4, 0.5) is 0 Å². The van der Waals surface area contributed by atoms with Gasteiger partial charge in [0.25, 0.3) is 0 Å². The average Bonchev–Trinajstić information content (AvgIpc) is 3.28. The summed E-state index contributed by atoms with van der Waals surface area (Å²) in [5.74, 6) is 0.884. The highest BCUT2D eigenvalue weighted by Crippen LogP contribution is 2.40. The third kappa shape index (κ3) is 3.09. The van der Waals surface area contributed by atoms with Gasteiger partial charge in [-0.1, -0.05) is 30.3 Å². The fourth-order valence-corrected chi connectivity index (χ4v) is 4.94. The molecule has 5 atom stereocenters. The molecule has 4 nitrogen and oxygen atoms in total. The van der Waals surface area contributed by atoms with Crippen LogP contribution in [0.5, 0.6) is 0 Å². The molecule has 1 aromatic carbocycles. The second-order valence-corrected chi connectivity index (χ2v) is 7.77. The zero-order valence-electron chi connectivity index (χ0n) is 14.6. The Morgan fingerprint density at radius 3 is 2.83 bits per heavy atom. The van der Waals surface area contributed by atoms with E-state index in [9.17, 15) is 4.79 Å². The fourth-order valence-electron chi connectivity index (χ4n) is 4.94. The first-order valence-corrected chi connectivity index (χ1v) is 9.57. The van der Waals surface area contributed by atoms with Crippen LogP contribution in [0.3, 0.4) is 0 Å². The Balaban J connectivity index is 1.45. The van der Waals surface area contributed by atoms with Gasteiger partial charge in [-0.15, -0.1) is 0 Å². The number of carbonyl (C=O) groups is 1. The Morgan fingerprint density at radius 2 is 2.08 bits per heavy atom. The van der Waals surface area contributed by atoms with Crippen LogP contribution >= 0.6 is 0 Å². The topological polar surface area (TPSA) is 44.4 Å². The molecule has 0 unspecified atom stereocenters. The number of piperidine rings is 1. The Kier molecular flexibility index (Phi) is 4.59. The van der Waals surface area contributed by atoms with E-state index in [0.29, 0.717) is 24.0 Å². The van der Waals surface area contributed by atoms with Crippen molar-refractivity contribution in [3.8, 4) is 0 Å². The van der Waals surface area contributed by atoms with Crippen LogP contribution in [0.1, 0.15) is 50.6 Å². The van der Waals surface area contributed by atoms with E-state index in [1.807, 2.05) is 0 Å². The van der Waals surface area contributed by atoms with E-state index in [1.54, 1.807) is 0 Å². The molecular formula is C20H29N3O. The minimum Gasteiger partial charge on any atom is -0.350 e. The van der Waals surface area contributed by atoms with E-state index in [4.69, 9.17) is 0 Å². The highest BCUT2D eigenvalue weighted by molar-refractivity contribution is 5.82. The van der Waals surface area contributed by atoms with Gasteiger partial charge in [0, 0.05) is 24.7 Å². The number of amides is 1. The van der Waals surface area contributed by atoms with Crippen LogP contribution < -0.4 is 10.6 Å². The molecule has 24 heavy (non-hydrogen) atoms. The molecule has 4 rings (SSSR count). The summed E-state index contributed by atoms with van der Waals surface area (Å²) < 4.78 is 0. The van der Waals surface area contributed by atoms with Crippen LogP contribution in [0.2, 0.25) is 0 Å². The van der Waals surface area contributed by atoms with Gasteiger partial charge < -0.3 is 10.6 Å². The van der Waals surface area contributed by atoms with Gasteiger partial charge in [0.05, 0.1) is 6.04 Å². The maximum Gasteiger partial charge on any atom is 0.237 e. The number of rotatable bonds is 4.